The van der Waals surface area contributed by atoms with E-state index in [-0.39, 0.29) is 18.0 Å². The molecular formula is C19H19ClN2O5. The number of hydrogen-bond donors (Lipinski definition) is 2. The summed E-state index contributed by atoms with van der Waals surface area (Å²) in [4.78, 5) is 35.5. The van der Waals surface area contributed by atoms with Crippen LogP contribution < -0.4 is 20.3 Å². The Morgan fingerprint density at radius 3 is 2.37 bits per heavy atom. The van der Waals surface area contributed by atoms with E-state index in [9.17, 15) is 14.4 Å². The second-order valence-corrected chi connectivity index (χ2v) is 5.87. The first-order valence-electron chi connectivity index (χ1n) is 8.13. The Morgan fingerprint density at radius 1 is 1.04 bits per heavy atom. The first-order valence-corrected chi connectivity index (χ1v) is 8.51. The van der Waals surface area contributed by atoms with Crippen LogP contribution in [0.25, 0.3) is 0 Å². The van der Waals surface area contributed by atoms with E-state index in [0.29, 0.717) is 28.5 Å². The van der Waals surface area contributed by atoms with Crippen molar-refractivity contribution in [1.82, 2.24) is 10.9 Å². The highest BCUT2D eigenvalue weighted by Gasteiger charge is 2.14. The third-order valence-electron chi connectivity index (χ3n) is 3.59. The van der Waals surface area contributed by atoms with Gasteiger partial charge in [0, 0.05) is 17.0 Å². The van der Waals surface area contributed by atoms with Gasteiger partial charge in [0.05, 0.1) is 12.7 Å². The van der Waals surface area contributed by atoms with E-state index in [1.54, 1.807) is 43.3 Å². The van der Waals surface area contributed by atoms with Gasteiger partial charge in [0.2, 0.25) is 0 Å². The first kappa shape index (κ1) is 20.3. The minimum Gasteiger partial charge on any atom is -0.496 e. The molecule has 2 amide bonds. The Morgan fingerprint density at radius 2 is 1.74 bits per heavy atom. The second kappa shape index (κ2) is 9.59. The van der Waals surface area contributed by atoms with E-state index < -0.39 is 11.8 Å². The lowest BCUT2D eigenvalue weighted by Gasteiger charge is -2.11. The molecule has 2 rings (SSSR count). The molecule has 8 heteroatoms. The number of hydrazine groups is 1. The maximum Gasteiger partial charge on any atom is 0.276 e. The van der Waals surface area contributed by atoms with Crippen LogP contribution in [-0.2, 0) is 4.79 Å². The van der Waals surface area contributed by atoms with Crippen molar-refractivity contribution >= 4 is 29.2 Å². The van der Waals surface area contributed by atoms with Gasteiger partial charge < -0.3 is 9.47 Å². The van der Waals surface area contributed by atoms with Gasteiger partial charge >= 0.3 is 0 Å². The third-order valence-corrected chi connectivity index (χ3v) is 3.82. The van der Waals surface area contributed by atoms with Crippen molar-refractivity contribution in [3.63, 3.8) is 0 Å². The summed E-state index contributed by atoms with van der Waals surface area (Å²) in [7, 11) is 1.42. The molecule has 2 aromatic rings. The summed E-state index contributed by atoms with van der Waals surface area (Å²) in [6, 6.07) is 11.0. The quantitative estimate of drug-likeness (QED) is 0.560. The van der Waals surface area contributed by atoms with Gasteiger partial charge in [-0.1, -0.05) is 18.5 Å². The number of carbonyl (C=O) groups is 3. The molecule has 0 bridgehead atoms. The van der Waals surface area contributed by atoms with Gasteiger partial charge in [0.15, 0.2) is 12.4 Å². The molecule has 0 saturated carbocycles. The average Bonchev–Trinajstić information content (AvgIpc) is 2.70. The number of methoxy groups -OCH3 is 1. The largest absolute Gasteiger partial charge is 0.496 e. The number of benzene rings is 2. The van der Waals surface area contributed by atoms with Gasteiger partial charge in [-0.25, -0.2) is 0 Å². The van der Waals surface area contributed by atoms with Crippen molar-refractivity contribution in [3.8, 4) is 11.5 Å². The molecule has 7 nitrogen and oxygen atoms in total. The fourth-order valence-electron chi connectivity index (χ4n) is 2.18. The van der Waals surface area contributed by atoms with Crippen LogP contribution in [0.4, 0.5) is 0 Å². The standard InChI is InChI=1S/C19H19ClN2O5/c1-3-16(23)12-4-7-14(8-5-12)27-11-18(24)21-22-19(25)15-10-13(20)6-9-17(15)26-2/h4-10H,3,11H2,1-2H3,(H,21,24)(H,22,25). The van der Waals surface area contributed by atoms with Gasteiger partial charge in [-0.3, -0.25) is 25.2 Å². The summed E-state index contributed by atoms with van der Waals surface area (Å²) in [5, 5.41) is 0.362. The molecule has 0 unspecified atom stereocenters. The summed E-state index contributed by atoms with van der Waals surface area (Å²) in [6.07, 6.45) is 0.416. The van der Waals surface area contributed by atoms with Crippen LogP contribution in [0.1, 0.15) is 34.1 Å². The second-order valence-electron chi connectivity index (χ2n) is 5.44. The van der Waals surface area contributed by atoms with Crippen LogP contribution in [0.15, 0.2) is 42.5 Å². The normalized spacial score (nSPS) is 10.0. The fraction of sp³-hybridized carbons (Fsp3) is 0.211. The molecule has 0 atom stereocenters. The molecule has 0 fully saturated rings. The smallest absolute Gasteiger partial charge is 0.276 e. The van der Waals surface area contributed by atoms with Crippen molar-refractivity contribution in [2.45, 2.75) is 13.3 Å². The molecule has 27 heavy (non-hydrogen) atoms. The van der Waals surface area contributed by atoms with Crippen molar-refractivity contribution in [2.24, 2.45) is 0 Å². The highest BCUT2D eigenvalue weighted by molar-refractivity contribution is 6.31. The van der Waals surface area contributed by atoms with Gasteiger partial charge in [-0.05, 0) is 42.5 Å². The van der Waals surface area contributed by atoms with Crippen molar-refractivity contribution in [1.29, 1.82) is 0 Å². The number of ether oxygens (including phenoxy) is 2. The average molecular weight is 391 g/mol. The van der Waals surface area contributed by atoms with Crippen LogP contribution in [0, 0.1) is 0 Å². The van der Waals surface area contributed by atoms with E-state index in [2.05, 4.69) is 10.9 Å². The predicted octanol–water partition coefficient (Wildman–Crippen LogP) is 2.78. The number of amides is 2. The summed E-state index contributed by atoms with van der Waals surface area (Å²) in [6.45, 7) is 1.47. The first-order chi connectivity index (χ1) is 12.9. The lowest BCUT2D eigenvalue weighted by Crippen LogP contribution is -2.43. The Kier molecular flexibility index (Phi) is 7.19. The van der Waals surface area contributed by atoms with E-state index in [4.69, 9.17) is 21.1 Å². The van der Waals surface area contributed by atoms with E-state index in [1.165, 1.54) is 13.2 Å². The highest BCUT2D eigenvalue weighted by atomic mass is 35.5. The number of halogens is 1. The number of hydrogen-bond acceptors (Lipinski definition) is 5. The predicted molar refractivity (Wildman–Crippen MR) is 100 cm³/mol. The molecule has 0 heterocycles. The van der Waals surface area contributed by atoms with Crippen LogP contribution in [0.5, 0.6) is 11.5 Å². The number of rotatable bonds is 7. The van der Waals surface area contributed by atoms with Crippen molar-refractivity contribution < 1.29 is 23.9 Å². The molecule has 0 aromatic heterocycles. The zero-order valence-corrected chi connectivity index (χ0v) is 15.6. The number of nitrogens with one attached hydrogen (secondary N) is 2. The van der Waals surface area contributed by atoms with Crippen LogP contribution >= 0.6 is 11.6 Å². The zero-order chi connectivity index (χ0) is 19.8. The number of carbonyl (C=O) groups excluding carboxylic acids is 3. The van der Waals surface area contributed by atoms with Gasteiger partial charge in [-0.2, -0.15) is 0 Å². The Hall–Kier alpha value is -3.06. The minimum atomic E-state index is -0.579. The molecule has 0 radical (unpaired) electrons. The molecule has 0 aliphatic rings. The molecule has 2 aromatic carbocycles. The summed E-state index contributed by atoms with van der Waals surface area (Å²) >= 11 is 5.87. The van der Waals surface area contributed by atoms with E-state index >= 15 is 0 Å². The van der Waals surface area contributed by atoms with Crippen molar-refractivity contribution in [3.05, 3.63) is 58.6 Å². The van der Waals surface area contributed by atoms with Crippen LogP contribution in [0.3, 0.4) is 0 Å². The van der Waals surface area contributed by atoms with Gasteiger partial charge in [0.1, 0.15) is 11.5 Å². The number of ketones is 1. The summed E-state index contributed by atoms with van der Waals surface area (Å²) < 4.78 is 10.4. The summed E-state index contributed by atoms with van der Waals surface area (Å²) in [5.74, 6) is -0.355. The maximum absolute atomic E-state index is 12.1. The monoisotopic (exact) mass is 390 g/mol. The highest BCUT2D eigenvalue weighted by Crippen LogP contribution is 2.22. The molecule has 0 aliphatic heterocycles. The Bertz CT molecular complexity index is 836. The van der Waals surface area contributed by atoms with E-state index in [1.807, 2.05) is 0 Å². The molecule has 142 valence electrons. The van der Waals surface area contributed by atoms with Crippen molar-refractivity contribution in [2.75, 3.05) is 13.7 Å². The SMILES string of the molecule is CCC(=O)c1ccc(OCC(=O)NNC(=O)c2cc(Cl)ccc2OC)cc1. The van der Waals surface area contributed by atoms with Crippen LogP contribution in [-0.4, -0.2) is 31.3 Å². The Labute approximate surface area is 161 Å². The Balaban J connectivity index is 1.85. The lowest BCUT2D eigenvalue weighted by atomic mass is 10.1. The maximum atomic E-state index is 12.1. The molecular weight excluding hydrogens is 372 g/mol. The molecule has 0 spiro atoms. The minimum absolute atomic E-state index is 0.0263. The van der Waals surface area contributed by atoms with Crippen LogP contribution in [0.2, 0.25) is 5.02 Å². The fourth-order valence-corrected chi connectivity index (χ4v) is 2.35. The van der Waals surface area contributed by atoms with E-state index in [0.717, 1.165) is 0 Å². The third kappa shape index (κ3) is 5.72. The van der Waals surface area contributed by atoms with Gasteiger partial charge in [0.25, 0.3) is 11.8 Å². The molecule has 2 N–H and O–H groups in total. The molecule has 0 aliphatic carbocycles. The zero-order valence-electron chi connectivity index (χ0n) is 14.9. The van der Waals surface area contributed by atoms with Gasteiger partial charge in [-0.15, -0.1) is 0 Å². The topological polar surface area (TPSA) is 93.7 Å². The lowest BCUT2D eigenvalue weighted by molar-refractivity contribution is -0.123. The summed E-state index contributed by atoms with van der Waals surface area (Å²) in [5.41, 5.74) is 5.27. The number of Topliss-reactive ketones (excluding diaryl/α,β-unsaturated/α-hetero) is 1. The molecule has 0 saturated heterocycles.